The molecule has 0 aromatic carbocycles. The van der Waals surface area contributed by atoms with Crippen molar-refractivity contribution in [1.29, 1.82) is 5.41 Å². The van der Waals surface area contributed by atoms with Crippen LogP contribution in [0.1, 0.15) is 25.7 Å². The largest absolute Gasteiger partial charge is 0.384 e. The first-order valence-corrected chi connectivity index (χ1v) is 5.76. The number of hydrogen-bond donors (Lipinski definition) is 2. The molecule has 0 aromatic rings. The third-order valence-corrected chi connectivity index (χ3v) is 4.06. The number of hydrogen-bond acceptors (Lipinski definition) is 2. The lowest BCUT2D eigenvalue weighted by Gasteiger charge is -2.37. The van der Waals surface area contributed by atoms with Gasteiger partial charge in [0.05, 0.1) is 6.61 Å². The van der Waals surface area contributed by atoms with Crippen LogP contribution in [-0.4, -0.2) is 37.7 Å². The van der Waals surface area contributed by atoms with E-state index in [0.717, 1.165) is 19.7 Å². The first kappa shape index (κ1) is 10.7. The van der Waals surface area contributed by atoms with Crippen LogP contribution in [0.5, 0.6) is 0 Å². The summed E-state index contributed by atoms with van der Waals surface area (Å²) in [6, 6.07) is 0. The van der Waals surface area contributed by atoms with E-state index in [2.05, 4.69) is 0 Å². The second-order valence-corrected chi connectivity index (χ2v) is 5.00. The van der Waals surface area contributed by atoms with Crippen molar-refractivity contribution in [2.24, 2.45) is 17.1 Å². The summed E-state index contributed by atoms with van der Waals surface area (Å²) < 4.78 is 5.38. The molecule has 86 valence electrons. The SMILES string of the molecule is COC[C@]12CCCC[C@@H]1CN(C(=N)N)C2. The Morgan fingerprint density at radius 2 is 2.40 bits per heavy atom. The van der Waals surface area contributed by atoms with Crippen LogP contribution in [0.2, 0.25) is 0 Å². The maximum Gasteiger partial charge on any atom is 0.188 e. The average Bonchev–Trinajstić information content (AvgIpc) is 2.57. The zero-order valence-corrected chi connectivity index (χ0v) is 9.46. The molecule has 0 bridgehead atoms. The molecule has 3 N–H and O–H groups in total. The zero-order valence-electron chi connectivity index (χ0n) is 9.46. The quantitative estimate of drug-likeness (QED) is 0.529. The number of likely N-dealkylation sites (tertiary alicyclic amines) is 1. The highest BCUT2D eigenvalue weighted by Crippen LogP contribution is 2.46. The van der Waals surface area contributed by atoms with Crippen molar-refractivity contribution in [3.8, 4) is 0 Å². The Balaban J connectivity index is 2.12. The lowest BCUT2D eigenvalue weighted by molar-refractivity contribution is 0.0314. The van der Waals surface area contributed by atoms with Gasteiger partial charge in [0.15, 0.2) is 5.96 Å². The summed E-state index contributed by atoms with van der Waals surface area (Å²) in [5.74, 6) is 0.898. The Labute approximate surface area is 91.3 Å². The molecule has 1 aliphatic carbocycles. The van der Waals surface area contributed by atoms with Gasteiger partial charge in [0.25, 0.3) is 0 Å². The number of guanidine groups is 1. The summed E-state index contributed by atoms with van der Waals surface area (Å²) in [6.07, 6.45) is 5.12. The Morgan fingerprint density at radius 1 is 1.60 bits per heavy atom. The summed E-state index contributed by atoms with van der Waals surface area (Å²) in [7, 11) is 1.77. The van der Waals surface area contributed by atoms with Gasteiger partial charge in [-0.15, -0.1) is 0 Å². The molecule has 2 atom stereocenters. The lowest BCUT2D eigenvalue weighted by Crippen LogP contribution is -2.39. The Kier molecular flexibility index (Phi) is 2.87. The van der Waals surface area contributed by atoms with Gasteiger partial charge in [-0.25, -0.2) is 0 Å². The summed E-state index contributed by atoms with van der Waals surface area (Å²) in [5.41, 5.74) is 5.85. The molecule has 0 radical (unpaired) electrons. The molecule has 1 heterocycles. The Hall–Kier alpha value is -0.770. The van der Waals surface area contributed by atoms with E-state index in [1.807, 2.05) is 4.90 Å². The first-order valence-electron chi connectivity index (χ1n) is 5.76. The highest BCUT2D eigenvalue weighted by atomic mass is 16.5. The summed E-state index contributed by atoms with van der Waals surface area (Å²) in [6.45, 7) is 2.70. The predicted molar refractivity (Wildman–Crippen MR) is 59.8 cm³/mol. The van der Waals surface area contributed by atoms with Gasteiger partial charge >= 0.3 is 0 Å². The molecule has 1 aliphatic heterocycles. The van der Waals surface area contributed by atoms with Crippen LogP contribution < -0.4 is 5.73 Å². The van der Waals surface area contributed by atoms with Crippen molar-refractivity contribution in [2.45, 2.75) is 25.7 Å². The van der Waals surface area contributed by atoms with E-state index in [-0.39, 0.29) is 11.4 Å². The van der Waals surface area contributed by atoms with Crippen molar-refractivity contribution in [3.05, 3.63) is 0 Å². The van der Waals surface area contributed by atoms with Gasteiger partial charge < -0.3 is 15.4 Å². The minimum Gasteiger partial charge on any atom is -0.384 e. The fraction of sp³-hybridized carbons (Fsp3) is 0.909. The minimum atomic E-state index is 0.222. The van der Waals surface area contributed by atoms with Crippen LogP contribution in [0.25, 0.3) is 0 Å². The first-order chi connectivity index (χ1) is 7.18. The van der Waals surface area contributed by atoms with E-state index in [1.165, 1.54) is 25.7 Å². The van der Waals surface area contributed by atoms with E-state index in [1.54, 1.807) is 7.11 Å². The van der Waals surface area contributed by atoms with E-state index >= 15 is 0 Å². The van der Waals surface area contributed by atoms with Crippen LogP contribution in [0.3, 0.4) is 0 Å². The third-order valence-electron chi connectivity index (χ3n) is 4.06. The van der Waals surface area contributed by atoms with Crippen LogP contribution in [0, 0.1) is 16.7 Å². The molecule has 0 aromatic heterocycles. The zero-order chi connectivity index (χ0) is 10.9. The molecule has 2 aliphatic rings. The smallest absolute Gasteiger partial charge is 0.188 e. The maximum atomic E-state index is 7.52. The van der Waals surface area contributed by atoms with Crippen LogP contribution in [-0.2, 0) is 4.74 Å². The molecule has 0 unspecified atom stereocenters. The predicted octanol–water partition coefficient (Wildman–Crippen LogP) is 1.02. The normalized spacial score (nSPS) is 35.3. The number of fused-ring (bicyclic) bond motifs is 1. The molecule has 4 heteroatoms. The standard InChI is InChI=1S/C11H21N3O/c1-15-8-11-5-3-2-4-9(11)6-14(7-11)10(12)13/h9H,2-8H2,1H3,(H3,12,13)/t9-,11-/m1/s1. The number of nitrogens with one attached hydrogen (secondary N) is 1. The molecule has 1 saturated heterocycles. The highest BCUT2D eigenvalue weighted by molar-refractivity contribution is 5.75. The van der Waals surface area contributed by atoms with Crippen molar-refractivity contribution in [2.75, 3.05) is 26.8 Å². The van der Waals surface area contributed by atoms with Gasteiger partial charge in [0, 0.05) is 25.6 Å². The van der Waals surface area contributed by atoms with Crippen LogP contribution >= 0.6 is 0 Å². The van der Waals surface area contributed by atoms with Crippen LogP contribution in [0.15, 0.2) is 0 Å². The number of ether oxygens (including phenoxy) is 1. The second-order valence-electron chi connectivity index (χ2n) is 5.00. The number of nitrogens with zero attached hydrogens (tertiary/aromatic N) is 1. The summed E-state index contributed by atoms with van der Waals surface area (Å²) in [4.78, 5) is 2.01. The van der Waals surface area contributed by atoms with Gasteiger partial charge in [-0.3, -0.25) is 5.41 Å². The van der Waals surface area contributed by atoms with Crippen molar-refractivity contribution in [3.63, 3.8) is 0 Å². The van der Waals surface area contributed by atoms with E-state index in [4.69, 9.17) is 15.9 Å². The Bertz CT molecular complexity index is 252. The maximum absolute atomic E-state index is 7.52. The molecule has 1 saturated carbocycles. The lowest BCUT2D eigenvalue weighted by atomic mass is 9.69. The fourth-order valence-electron chi connectivity index (χ4n) is 3.29. The number of nitrogens with two attached hydrogens (primary N) is 1. The molecule has 2 rings (SSSR count). The summed E-state index contributed by atoms with van der Waals surface area (Å²) in [5, 5.41) is 7.52. The van der Waals surface area contributed by atoms with E-state index in [0.29, 0.717) is 5.92 Å². The van der Waals surface area contributed by atoms with E-state index in [9.17, 15) is 0 Å². The molecular weight excluding hydrogens is 190 g/mol. The van der Waals surface area contributed by atoms with Gasteiger partial charge in [0.1, 0.15) is 0 Å². The molecule has 2 fully saturated rings. The molecule has 4 nitrogen and oxygen atoms in total. The molecular formula is C11H21N3O. The minimum absolute atomic E-state index is 0.222. The Morgan fingerprint density at radius 3 is 3.07 bits per heavy atom. The molecule has 15 heavy (non-hydrogen) atoms. The molecule has 0 amide bonds. The highest BCUT2D eigenvalue weighted by Gasteiger charge is 2.47. The molecule has 0 spiro atoms. The monoisotopic (exact) mass is 211 g/mol. The number of rotatable bonds is 2. The second kappa shape index (κ2) is 4.00. The topological polar surface area (TPSA) is 62.3 Å². The third kappa shape index (κ3) is 1.83. The van der Waals surface area contributed by atoms with Gasteiger partial charge in [-0.1, -0.05) is 12.8 Å². The fourth-order valence-corrected chi connectivity index (χ4v) is 3.29. The van der Waals surface area contributed by atoms with Crippen molar-refractivity contribution >= 4 is 5.96 Å². The van der Waals surface area contributed by atoms with Crippen molar-refractivity contribution in [1.82, 2.24) is 4.90 Å². The number of methoxy groups -OCH3 is 1. The van der Waals surface area contributed by atoms with Gasteiger partial charge in [0.2, 0.25) is 0 Å². The van der Waals surface area contributed by atoms with Crippen molar-refractivity contribution < 1.29 is 4.74 Å². The van der Waals surface area contributed by atoms with E-state index < -0.39 is 0 Å². The summed E-state index contributed by atoms with van der Waals surface area (Å²) >= 11 is 0. The van der Waals surface area contributed by atoms with Gasteiger partial charge in [-0.05, 0) is 18.8 Å². The average molecular weight is 211 g/mol. The van der Waals surface area contributed by atoms with Crippen LogP contribution in [0.4, 0.5) is 0 Å². The van der Waals surface area contributed by atoms with Gasteiger partial charge in [-0.2, -0.15) is 0 Å².